The summed E-state index contributed by atoms with van der Waals surface area (Å²) in [7, 11) is -3.21. The van der Waals surface area contributed by atoms with E-state index >= 15 is 0 Å². The van der Waals surface area contributed by atoms with E-state index in [9.17, 15) is 8.42 Å². The third kappa shape index (κ3) is 3.73. The predicted molar refractivity (Wildman–Crippen MR) is 95.5 cm³/mol. The first-order valence-electron chi connectivity index (χ1n) is 6.75. The molecule has 1 aromatic carbocycles. The monoisotopic (exact) mass is 385 g/mol. The van der Waals surface area contributed by atoms with Gasteiger partial charge in [-0.2, -0.15) is 0 Å². The molecule has 9 heteroatoms. The Morgan fingerprint density at radius 1 is 1.09 bits per heavy atom. The Kier molecular flexibility index (Phi) is 4.24. The lowest BCUT2D eigenvalue weighted by molar-refractivity contribution is 0.577. The number of rotatable bonds is 3. The van der Waals surface area contributed by atoms with Crippen LogP contribution in [0.1, 0.15) is 25.8 Å². The van der Waals surface area contributed by atoms with Gasteiger partial charge in [-0.25, -0.2) is 13.4 Å². The Morgan fingerprint density at radius 3 is 2.43 bits per heavy atom. The van der Waals surface area contributed by atoms with Crippen molar-refractivity contribution in [2.45, 2.75) is 39.8 Å². The lowest BCUT2D eigenvalue weighted by atomic mass is 9.98. The minimum absolute atomic E-state index is 0.0194. The highest BCUT2D eigenvalue weighted by atomic mass is 32.2. The summed E-state index contributed by atoms with van der Waals surface area (Å²) in [6.45, 7) is 6.31. The molecule has 0 bridgehead atoms. The summed E-state index contributed by atoms with van der Waals surface area (Å²) in [6, 6.07) is 5.01. The van der Waals surface area contributed by atoms with Gasteiger partial charge in [0.25, 0.3) is 0 Å². The summed E-state index contributed by atoms with van der Waals surface area (Å²) in [6.07, 6.45) is 1.21. The van der Waals surface area contributed by atoms with E-state index in [4.69, 9.17) is 0 Å². The van der Waals surface area contributed by atoms with Crippen molar-refractivity contribution in [1.82, 2.24) is 15.2 Å². The molecule has 5 nitrogen and oxygen atoms in total. The quantitative estimate of drug-likeness (QED) is 0.678. The molecule has 0 fully saturated rings. The van der Waals surface area contributed by atoms with Gasteiger partial charge in [0.05, 0.1) is 15.1 Å². The highest BCUT2D eigenvalue weighted by molar-refractivity contribution is 8.02. The lowest BCUT2D eigenvalue weighted by Gasteiger charge is -2.12. The van der Waals surface area contributed by atoms with Gasteiger partial charge in [-0.15, -0.1) is 21.5 Å². The highest BCUT2D eigenvalue weighted by Gasteiger charge is 2.20. The van der Waals surface area contributed by atoms with Crippen LogP contribution in [-0.4, -0.2) is 29.9 Å². The smallest absolute Gasteiger partial charge is 0.181 e. The Balaban J connectivity index is 1.91. The van der Waals surface area contributed by atoms with Crippen LogP contribution in [0.2, 0.25) is 0 Å². The third-order valence-corrected chi connectivity index (χ3v) is 7.58. The Labute approximate surface area is 147 Å². The first kappa shape index (κ1) is 16.8. The summed E-state index contributed by atoms with van der Waals surface area (Å²) in [5.74, 6) is 0. The molecular formula is C14H15N3O2S4. The number of hydrogen-bond donors (Lipinski definition) is 0. The van der Waals surface area contributed by atoms with Crippen LogP contribution in [0.15, 0.2) is 31.8 Å². The van der Waals surface area contributed by atoms with E-state index < -0.39 is 9.84 Å². The number of fused-ring (bicyclic) bond motifs is 1. The van der Waals surface area contributed by atoms with Crippen molar-refractivity contribution in [3.63, 3.8) is 0 Å². The molecule has 2 aromatic heterocycles. The molecule has 23 heavy (non-hydrogen) atoms. The topological polar surface area (TPSA) is 72.8 Å². The molecule has 0 atom stereocenters. The number of nitrogens with zero attached hydrogens (tertiary/aromatic N) is 3. The first-order valence-corrected chi connectivity index (χ1v) is 11.1. The summed E-state index contributed by atoms with van der Waals surface area (Å²) in [4.78, 5) is 4.84. The van der Waals surface area contributed by atoms with Gasteiger partial charge in [0.1, 0.15) is 5.01 Å². The summed E-state index contributed by atoms with van der Waals surface area (Å²) >= 11 is 4.50. The molecule has 0 radical (unpaired) electrons. The van der Waals surface area contributed by atoms with Crippen molar-refractivity contribution in [3.8, 4) is 0 Å². The average molecular weight is 386 g/mol. The number of hydrogen-bond acceptors (Lipinski definition) is 8. The third-order valence-electron chi connectivity index (χ3n) is 2.99. The second kappa shape index (κ2) is 5.80. The molecule has 0 spiro atoms. The van der Waals surface area contributed by atoms with Gasteiger partial charge in [-0.05, 0) is 30.0 Å². The zero-order valence-electron chi connectivity index (χ0n) is 13.0. The van der Waals surface area contributed by atoms with E-state index in [2.05, 4.69) is 36.0 Å². The molecular weight excluding hydrogens is 370 g/mol. The maximum Gasteiger partial charge on any atom is 0.181 e. The molecule has 3 rings (SSSR count). The van der Waals surface area contributed by atoms with Gasteiger partial charge in [0.2, 0.25) is 0 Å². The molecule has 3 aromatic rings. The standard InChI is InChI=1S/C14H15N3O2S4/c1-14(2,3)11-16-17-13(21-11)22-12-15-9-6-5-8(23(4,18)19)7-10(9)20-12/h5-7H,1-4H3. The normalized spacial score (nSPS) is 12.9. The van der Waals surface area contributed by atoms with Crippen molar-refractivity contribution in [2.24, 2.45) is 0 Å². The van der Waals surface area contributed by atoms with E-state index in [0.717, 1.165) is 23.9 Å². The van der Waals surface area contributed by atoms with Crippen molar-refractivity contribution in [1.29, 1.82) is 0 Å². The molecule has 2 heterocycles. The zero-order valence-corrected chi connectivity index (χ0v) is 16.3. The van der Waals surface area contributed by atoms with Crippen LogP contribution in [0, 0.1) is 0 Å². The molecule has 0 unspecified atom stereocenters. The van der Waals surface area contributed by atoms with Gasteiger partial charge >= 0.3 is 0 Å². The van der Waals surface area contributed by atoms with Crippen LogP contribution >= 0.6 is 34.4 Å². The minimum atomic E-state index is -3.21. The van der Waals surface area contributed by atoms with Crippen LogP contribution in [0.25, 0.3) is 10.2 Å². The largest absolute Gasteiger partial charge is 0.229 e. The fourth-order valence-corrected chi connectivity index (χ4v) is 5.73. The van der Waals surface area contributed by atoms with E-state index in [1.165, 1.54) is 29.4 Å². The SMILES string of the molecule is CC(C)(C)c1nnc(Sc2nc3ccc(S(C)(=O)=O)cc3s2)s1. The van der Waals surface area contributed by atoms with Crippen LogP contribution in [0.5, 0.6) is 0 Å². The van der Waals surface area contributed by atoms with Crippen molar-refractivity contribution in [2.75, 3.05) is 6.26 Å². The van der Waals surface area contributed by atoms with Crippen molar-refractivity contribution in [3.05, 3.63) is 23.2 Å². The van der Waals surface area contributed by atoms with E-state index in [0.29, 0.717) is 4.90 Å². The van der Waals surface area contributed by atoms with E-state index in [1.54, 1.807) is 29.5 Å². The van der Waals surface area contributed by atoms with Gasteiger partial charge in [0.15, 0.2) is 18.5 Å². The Hall–Kier alpha value is -1.03. The molecule has 0 aliphatic carbocycles. The lowest BCUT2D eigenvalue weighted by Crippen LogP contribution is -2.10. The molecule has 0 saturated carbocycles. The Morgan fingerprint density at radius 2 is 1.83 bits per heavy atom. The molecule has 122 valence electrons. The number of sulfone groups is 1. The fourth-order valence-electron chi connectivity index (χ4n) is 1.79. The fraction of sp³-hybridized carbons (Fsp3) is 0.357. The zero-order chi connectivity index (χ0) is 16.8. The van der Waals surface area contributed by atoms with Crippen LogP contribution in [0.4, 0.5) is 0 Å². The van der Waals surface area contributed by atoms with Crippen molar-refractivity contribution < 1.29 is 8.42 Å². The molecule has 0 N–H and O–H groups in total. The maximum absolute atomic E-state index is 11.6. The maximum atomic E-state index is 11.6. The summed E-state index contributed by atoms with van der Waals surface area (Å²) < 4.78 is 25.8. The van der Waals surface area contributed by atoms with Crippen LogP contribution in [-0.2, 0) is 15.3 Å². The molecule has 0 aliphatic rings. The van der Waals surface area contributed by atoms with Gasteiger partial charge in [0, 0.05) is 11.7 Å². The second-order valence-corrected chi connectivity index (χ2v) is 11.6. The predicted octanol–water partition coefficient (Wildman–Crippen LogP) is 4.00. The minimum Gasteiger partial charge on any atom is -0.229 e. The number of thiazole rings is 1. The van der Waals surface area contributed by atoms with Gasteiger partial charge in [-0.3, -0.25) is 0 Å². The number of benzene rings is 1. The molecule has 0 aliphatic heterocycles. The van der Waals surface area contributed by atoms with E-state index in [-0.39, 0.29) is 5.41 Å². The van der Waals surface area contributed by atoms with Crippen LogP contribution in [0.3, 0.4) is 0 Å². The van der Waals surface area contributed by atoms with Gasteiger partial charge in [-0.1, -0.05) is 32.1 Å². The highest BCUT2D eigenvalue weighted by Crippen LogP contribution is 2.38. The van der Waals surface area contributed by atoms with Gasteiger partial charge < -0.3 is 0 Å². The molecule has 0 saturated heterocycles. The second-order valence-electron chi connectivity index (χ2n) is 6.11. The molecule has 0 amide bonds. The summed E-state index contributed by atoms with van der Waals surface area (Å²) in [5, 5.41) is 9.42. The van der Waals surface area contributed by atoms with Crippen LogP contribution < -0.4 is 0 Å². The Bertz CT molecular complexity index is 967. The number of aromatic nitrogens is 3. The first-order chi connectivity index (χ1) is 10.6. The summed E-state index contributed by atoms with van der Waals surface area (Å²) in [5.41, 5.74) is 0.777. The van der Waals surface area contributed by atoms with E-state index in [1.807, 2.05) is 0 Å². The van der Waals surface area contributed by atoms with Crippen molar-refractivity contribution >= 4 is 54.5 Å². The average Bonchev–Trinajstić information content (AvgIpc) is 3.02.